The molecule has 4 unspecified atom stereocenters. The minimum absolute atomic E-state index is 0.137. The second-order valence-electron chi connectivity index (χ2n) is 17.5. The van der Waals surface area contributed by atoms with Crippen LogP contribution in [0.25, 0.3) is 0 Å². The highest BCUT2D eigenvalue weighted by molar-refractivity contribution is 6.42. The predicted molar refractivity (Wildman–Crippen MR) is 259 cm³/mol. The van der Waals surface area contributed by atoms with E-state index in [1.165, 1.54) is 31.5 Å². The molecular formula is C51H43Cl4F9N6O3. The fourth-order valence-corrected chi connectivity index (χ4v) is 9.63. The second-order valence-corrected chi connectivity index (χ2v) is 19.2. The van der Waals surface area contributed by atoms with Crippen LogP contribution in [0.2, 0.25) is 20.1 Å². The molecule has 0 saturated carbocycles. The SMILES string of the molecule is CN(Cc1ccc(C(F)(F)F)c(F)c1)C1CN(C(=O)c2ccc(F)nc2)CC1c1ccc(Cl)c(Cl)c1.COc1ccc(C(=O)N2CC(c3ccc(Cl)c(Cl)c3)C(N(C)Cc3ccc(C(F)(F)F)c(F)c3)C2)cn1. The number of hydrogen-bond donors (Lipinski definition) is 0. The van der Waals surface area contributed by atoms with Crippen molar-refractivity contribution in [3.8, 4) is 5.88 Å². The van der Waals surface area contributed by atoms with E-state index in [9.17, 15) is 49.1 Å². The molecule has 2 saturated heterocycles. The zero-order valence-corrected chi connectivity index (χ0v) is 41.8. The highest BCUT2D eigenvalue weighted by Gasteiger charge is 2.41. The van der Waals surface area contributed by atoms with Crippen LogP contribution in [-0.2, 0) is 25.4 Å². The van der Waals surface area contributed by atoms with E-state index in [0.29, 0.717) is 62.3 Å². The number of methoxy groups -OCH3 is 1. The maximum absolute atomic E-state index is 14.2. The number of alkyl halides is 6. The minimum Gasteiger partial charge on any atom is -0.481 e. The standard InChI is InChI=1S/C26H23Cl2F4N3O2.C25H20Cl2F5N3O/c1-34(12-15-3-6-19(22(29)9-15)26(30,31)32)23-14-35(25(36)17-5-8-24(37-2)33-11-17)13-18(23)16-4-7-20(27)21(28)10-16;1-34(11-14-2-5-18(21(28)8-14)25(30,31)32)22-13-35(24(36)16-4-7-23(29)33-10-16)12-17(22)15-3-6-19(26)20(27)9-15/h3-11,18,23H,12-14H2,1-2H3;2-10,17,22H,11-13H2,1H3. The van der Waals surface area contributed by atoms with E-state index >= 15 is 0 Å². The van der Waals surface area contributed by atoms with Crippen LogP contribution in [0, 0.1) is 17.6 Å². The van der Waals surface area contributed by atoms with Gasteiger partial charge in [-0.2, -0.15) is 30.7 Å². The smallest absolute Gasteiger partial charge is 0.419 e. The maximum atomic E-state index is 14.2. The Morgan fingerprint density at radius 3 is 1.34 bits per heavy atom. The lowest BCUT2D eigenvalue weighted by Gasteiger charge is -2.29. The molecule has 73 heavy (non-hydrogen) atoms. The Labute approximate surface area is 434 Å². The maximum Gasteiger partial charge on any atom is 0.419 e. The van der Waals surface area contributed by atoms with Crippen molar-refractivity contribution in [3.05, 3.63) is 192 Å². The average Bonchev–Trinajstić information content (AvgIpc) is 3.99. The monoisotopic (exact) mass is 1100 g/mol. The van der Waals surface area contributed by atoms with Crippen molar-refractivity contribution in [3.63, 3.8) is 0 Å². The minimum atomic E-state index is -4.78. The first-order valence-corrected chi connectivity index (χ1v) is 23.6. The quantitative estimate of drug-likeness (QED) is 0.0944. The van der Waals surface area contributed by atoms with E-state index in [-0.39, 0.29) is 60.9 Å². The van der Waals surface area contributed by atoms with E-state index in [2.05, 4.69) is 9.97 Å². The molecule has 0 aliphatic carbocycles. The summed E-state index contributed by atoms with van der Waals surface area (Å²) in [5.74, 6) is -3.98. The van der Waals surface area contributed by atoms with Gasteiger partial charge >= 0.3 is 12.4 Å². The molecule has 4 aromatic carbocycles. The fourth-order valence-electron chi connectivity index (χ4n) is 9.02. The number of carbonyl (C=O) groups excluding carboxylic acids is 2. The molecule has 6 aromatic rings. The third-order valence-electron chi connectivity index (χ3n) is 12.7. The number of ether oxygens (including phenoxy) is 1. The van der Waals surface area contributed by atoms with Crippen molar-refractivity contribution in [2.75, 3.05) is 47.4 Å². The number of carbonyl (C=O) groups is 2. The van der Waals surface area contributed by atoms with Gasteiger partial charge < -0.3 is 14.5 Å². The number of pyridine rings is 2. The number of aromatic nitrogens is 2. The summed E-state index contributed by atoms with van der Waals surface area (Å²) >= 11 is 24.6. The Bertz CT molecular complexity index is 2950. The van der Waals surface area contributed by atoms with Gasteiger partial charge in [0.15, 0.2) is 0 Å². The normalized spacial score (nSPS) is 18.1. The highest BCUT2D eigenvalue weighted by Crippen LogP contribution is 2.39. The van der Waals surface area contributed by atoms with Gasteiger partial charge in [0.25, 0.3) is 11.8 Å². The topological polar surface area (TPSA) is 82.1 Å². The number of amides is 2. The van der Waals surface area contributed by atoms with Gasteiger partial charge in [-0.1, -0.05) is 70.7 Å². The van der Waals surface area contributed by atoms with Crippen molar-refractivity contribution in [1.82, 2.24) is 29.6 Å². The van der Waals surface area contributed by atoms with Crippen molar-refractivity contribution in [1.29, 1.82) is 0 Å². The molecule has 0 bridgehead atoms. The number of benzene rings is 4. The first kappa shape index (κ1) is 55.1. The Morgan fingerprint density at radius 1 is 0.575 bits per heavy atom. The molecule has 2 aromatic heterocycles. The third kappa shape index (κ3) is 13.2. The summed E-state index contributed by atoms with van der Waals surface area (Å²) in [5.41, 5.74) is 0.375. The molecule has 4 atom stereocenters. The number of nitrogens with zero attached hydrogens (tertiary/aromatic N) is 6. The van der Waals surface area contributed by atoms with Gasteiger partial charge in [-0.3, -0.25) is 19.4 Å². The number of hydrogen-bond acceptors (Lipinski definition) is 7. The van der Waals surface area contributed by atoms with Crippen molar-refractivity contribution in [2.24, 2.45) is 0 Å². The van der Waals surface area contributed by atoms with Crippen LogP contribution < -0.4 is 4.74 Å². The van der Waals surface area contributed by atoms with Crippen molar-refractivity contribution in [2.45, 2.75) is 49.4 Å². The molecule has 4 heterocycles. The molecule has 0 spiro atoms. The van der Waals surface area contributed by atoms with Crippen LogP contribution in [0.5, 0.6) is 5.88 Å². The van der Waals surface area contributed by atoms with Gasteiger partial charge in [0.2, 0.25) is 11.8 Å². The van der Waals surface area contributed by atoms with E-state index in [1.54, 1.807) is 66.4 Å². The molecule has 9 nitrogen and oxygen atoms in total. The Hall–Kier alpha value is -5.63. The molecule has 2 fully saturated rings. The lowest BCUT2D eigenvalue weighted by atomic mass is 9.93. The summed E-state index contributed by atoms with van der Waals surface area (Å²) in [4.78, 5) is 41.0. The van der Waals surface area contributed by atoms with E-state index < -0.39 is 41.1 Å². The first-order valence-electron chi connectivity index (χ1n) is 22.1. The Balaban J connectivity index is 0.000000214. The molecule has 386 valence electrons. The molecule has 2 aliphatic rings. The summed E-state index contributed by atoms with van der Waals surface area (Å²) in [6, 6.07) is 21.3. The van der Waals surface area contributed by atoms with Gasteiger partial charge in [-0.25, -0.2) is 18.7 Å². The summed E-state index contributed by atoms with van der Waals surface area (Å²) in [6.45, 7) is 1.56. The molecular weight excluding hydrogens is 1060 g/mol. The summed E-state index contributed by atoms with van der Waals surface area (Å²) in [7, 11) is 5.01. The Kier molecular flexibility index (Phi) is 17.3. The summed E-state index contributed by atoms with van der Waals surface area (Å²) < 4.78 is 124. The van der Waals surface area contributed by atoms with Gasteiger partial charge in [-0.05, 0) is 103 Å². The van der Waals surface area contributed by atoms with Crippen LogP contribution in [0.15, 0.2) is 109 Å². The third-order valence-corrected chi connectivity index (χ3v) is 14.2. The average molecular weight is 1100 g/mol. The number of rotatable bonds is 11. The second kappa shape index (κ2) is 22.9. The van der Waals surface area contributed by atoms with Gasteiger partial charge in [0, 0.05) is 81.6 Å². The summed E-state index contributed by atoms with van der Waals surface area (Å²) in [6.07, 6.45) is -6.95. The molecule has 2 amide bonds. The number of halogens is 13. The van der Waals surface area contributed by atoms with Crippen LogP contribution in [0.3, 0.4) is 0 Å². The lowest BCUT2D eigenvalue weighted by Crippen LogP contribution is -2.38. The van der Waals surface area contributed by atoms with Crippen LogP contribution in [0.4, 0.5) is 39.5 Å². The largest absolute Gasteiger partial charge is 0.481 e. The lowest BCUT2D eigenvalue weighted by molar-refractivity contribution is -0.140. The highest BCUT2D eigenvalue weighted by atomic mass is 35.5. The number of likely N-dealkylation sites (N-methyl/N-ethyl adjacent to an activating group) is 2. The van der Waals surface area contributed by atoms with Crippen LogP contribution in [-0.4, -0.2) is 101 Å². The Morgan fingerprint density at radius 2 is 1.00 bits per heavy atom. The van der Waals surface area contributed by atoms with Crippen molar-refractivity contribution >= 4 is 58.2 Å². The van der Waals surface area contributed by atoms with Crippen molar-refractivity contribution < 1.29 is 53.8 Å². The van der Waals surface area contributed by atoms with Gasteiger partial charge in [0.1, 0.15) is 11.6 Å². The van der Waals surface area contributed by atoms with E-state index in [1.807, 2.05) is 15.9 Å². The molecule has 22 heteroatoms. The number of likely N-dealkylation sites (tertiary alicyclic amines) is 2. The van der Waals surface area contributed by atoms with E-state index in [4.69, 9.17) is 51.1 Å². The van der Waals surface area contributed by atoms with Gasteiger partial charge in [-0.15, -0.1) is 0 Å². The summed E-state index contributed by atoms with van der Waals surface area (Å²) in [5, 5.41) is 1.47. The molecule has 0 N–H and O–H groups in total. The van der Waals surface area contributed by atoms with Crippen LogP contribution >= 0.6 is 46.4 Å². The molecule has 0 radical (unpaired) electrons. The van der Waals surface area contributed by atoms with E-state index in [0.717, 1.165) is 47.7 Å². The fraction of sp³-hybridized carbons (Fsp3) is 0.294. The predicted octanol–water partition coefficient (Wildman–Crippen LogP) is 12.7. The molecule has 8 rings (SSSR count). The van der Waals surface area contributed by atoms with Crippen LogP contribution in [0.1, 0.15) is 65.9 Å². The van der Waals surface area contributed by atoms with Gasteiger partial charge in [0.05, 0.1) is 49.5 Å². The molecule has 2 aliphatic heterocycles. The zero-order valence-electron chi connectivity index (χ0n) is 38.8. The zero-order chi connectivity index (χ0) is 53.1. The first-order chi connectivity index (χ1) is 34.4.